The van der Waals surface area contributed by atoms with Crippen molar-refractivity contribution < 1.29 is 36.5 Å². The normalized spacial score (nSPS) is 17.1. The second kappa shape index (κ2) is 8.37. The first-order valence-corrected chi connectivity index (χ1v) is 12.0. The summed E-state index contributed by atoms with van der Waals surface area (Å²) in [6.45, 7) is 7.82. The summed E-state index contributed by atoms with van der Waals surface area (Å²) in [5.41, 5.74) is -0.111. The largest absolute Gasteiger partial charge is 0.496 e. The van der Waals surface area contributed by atoms with E-state index in [0.29, 0.717) is 22.2 Å². The summed E-state index contributed by atoms with van der Waals surface area (Å²) in [5.74, 6) is 0.540. The third kappa shape index (κ3) is 3.95. The summed E-state index contributed by atoms with van der Waals surface area (Å²) in [6.07, 6.45) is 0. The van der Waals surface area contributed by atoms with E-state index in [1.54, 1.807) is 18.2 Å². The van der Waals surface area contributed by atoms with Crippen molar-refractivity contribution in [2.45, 2.75) is 43.8 Å². The zero-order chi connectivity index (χ0) is 24.9. The number of methoxy groups -OCH3 is 3. The molecule has 1 aliphatic heterocycles. The molecule has 0 atom stereocenters. The van der Waals surface area contributed by atoms with Gasteiger partial charge < -0.3 is 28.0 Å². The maximum atomic E-state index is 13.3. The molecular formula is C22H27BN2O8S. The number of sulfonamides is 1. The Bertz CT molecular complexity index is 1300. The molecule has 3 aromatic rings. The van der Waals surface area contributed by atoms with Gasteiger partial charge in [-0.1, -0.05) is 11.2 Å². The topological polar surface area (TPSA) is 118 Å². The Kier molecular flexibility index (Phi) is 5.95. The van der Waals surface area contributed by atoms with E-state index in [-0.39, 0.29) is 22.2 Å². The Labute approximate surface area is 198 Å². The maximum Gasteiger partial charge on any atom is 0.495 e. The molecule has 0 amide bonds. The molecule has 12 heteroatoms. The van der Waals surface area contributed by atoms with Crippen LogP contribution in [0.1, 0.15) is 27.7 Å². The standard InChI is InChI=1S/C22H27BN2O8S/c1-21(2)22(3,4)33-23(32-21)13-11-16(30-7)18-17(12-13)31-24-20(18)25-34(26,27)19-14(28-5)9-8-10-15(19)29-6/h8-12H,1-7H3,(H,24,25). The molecule has 1 N–H and O–H groups in total. The van der Waals surface area contributed by atoms with E-state index in [2.05, 4.69) is 9.88 Å². The van der Waals surface area contributed by atoms with Crippen LogP contribution in [0.3, 0.4) is 0 Å². The summed E-state index contributed by atoms with van der Waals surface area (Å²) in [5, 5.41) is 4.29. The molecule has 34 heavy (non-hydrogen) atoms. The second-order valence-corrected chi connectivity index (χ2v) is 10.4. The summed E-state index contributed by atoms with van der Waals surface area (Å²) in [7, 11) is -0.611. The molecule has 4 rings (SSSR count). The van der Waals surface area contributed by atoms with Gasteiger partial charge >= 0.3 is 7.12 Å². The fourth-order valence-electron chi connectivity index (χ4n) is 3.66. The molecule has 2 aromatic carbocycles. The van der Waals surface area contributed by atoms with E-state index in [0.717, 1.165) is 0 Å². The number of hydrogen-bond acceptors (Lipinski definition) is 9. The summed E-state index contributed by atoms with van der Waals surface area (Å²) in [4.78, 5) is -0.163. The minimum atomic E-state index is -4.17. The molecule has 0 unspecified atom stereocenters. The molecule has 0 bridgehead atoms. The second-order valence-electron chi connectivity index (χ2n) is 8.81. The fourth-order valence-corrected chi connectivity index (χ4v) is 4.99. The van der Waals surface area contributed by atoms with Crippen molar-refractivity contribution in [3.05, 3.63) is 30.3 Å². The number of fused-ring (bicyclic) bond motifs is 1. The zero-order valence-corrected chi connectivity index (χ0v) is 20.9. The Hall–Kier alpha value is -2.96. The molecule has 1 fully saturated rings. The predicted octanol–water partition coefficient (Wildman–Crippen LogP) is 2.95. The lowest BCUT2D eigenvalue weighted by molar-refractivity contribution is 0.00578. The highest BCUT2D eigenvalue weighted by atomic mass is 32.2. The van der Waals surface area contributed by atoms with Gasteiger partial charge in [0.2, 0.25) is 0 Å². The van der Waals surface area contributed by atoms with Gasteiger partial charge in [-0.15, -0.1) is 0 Å². The van der Waals surface area contributed by atoms with Crippen LogP contribution in [-0.2, 0) is 19.3 Å². The summed E-state index contributed by atoms with van der Waals surface area (Å²) < 4.78 is 62.7. The number of benzene rings is 2. The van der Waals surface area contributed by atoms with Crippen LogP contribution in [0.15, 0.2) is 39.8 Å². The molecule has 1 aromatic heterocycles. The van der Waals surface area contributed by atoms with Crippen molar-refractivity contribution in [3.63, 3.8) is 0 Å². The Morgan fingerprint density at radius 2 is 1.47 bits per heavy atom. The molecular weight excluding hydrogens is 463 g/mol. The summed E-state index contributed by atoms with van der Waals surface area (Å²) in [6, 6.07) is 8.07. The van der Waals surface area contributed by atoms with Crippen LogP contribution >= 0.6 is 0 Å². The van der Waals surface area contributed by atoms with Crippen LogP contribution in [0.4, 0.5) is 5.82 Å². The van der Waals surface area contributed by atoms with Gasteiger partial charge in [0.05, 0.1) is 32.5 Å². The van der Waals surface area contributed by atoms with Crippen LogP contribution in [0.5, 0.6) is 17.2 Å². The van der Waals surface area contributed by atoms with Gasteiger partial charge in [-0.05, 0) is 57.4 Å². The number of rotatable bonds is 7. The molecule has 0 aliphatic carbocycles. The molecule has 0 saturated carbocycles. The third-order valence-corrected chi connectivity index (χ3v) is 7.59. The first kappa shape index (κ1) is 24.2. The highest BCUT2D eigenvalue weighted by molar-refractivity contribution is 7.93. The van der Waals surface area contributed by atoms with E-state index in [1.165, 1.54) is 33.5 Å². The quantitative estimate of drug-likeness (QED) is 0.499. The van der Waals surface area contributed by atoms with Crippen LogP contribution < -0.4 is 24.4 Å². The highest BCUT2D eigenvalue weighted by Gasteiger charge is 2.52. The highest BCUT2D eigenvalue weighted by Crippen LogP contribution is 2.39. The first-order chi connectivity index (χ1) is 15.9. The number of aromatic nitrogens is 1. The molecule has 0 radical (unpaired) electrons. The van der Waals surface area contributed by atoms with Crippen molar-refractivity contribution >= 4 is 39.4 Å². The average molecular weight is 490 g/mol. The van der Waals surface area contributed by atoms with Crippen molar-refractivity contribution in [1.29, 1.82) is 0 Å². The van der Waals surface area contributed by atoms with E-state index in [9.17, 15) is 8.42 Å². The Morgan fingerprint density at radius 3 is 2.00 bits per heavy atom. The van der Waals surface area contributed by atoms with Crippen LogP contribution in [-0.4, -0.2) is 53.2 Å². The molecule has 1 saturated heterocycles. The zero-order valence-electron chi connectivity index (χ0n) is 20.1. The monoisotopic (exact) mass is 490 g/mol. The van der Waals surface area contributed by atoms with Crippen molar-refractivity contribution in [1.82, 2.24) is 5.16 Å². The predicted molar refractivity (Wildman–Crippen MR) is 127 cm³/mol. The van der Waals surface area contributed by atoms with Gasteiger partial charge in [-0.25, -0.2) is 8.42 Å². The van der Waals surface area contributed by atoms with E-state index in [4.69, 9.17) is 28.0 Å². The lowest BCUT2D eigenvalue weighted by Crippen LogP contribution is -2.41. The van der Waals surface area contributed by atoms with Crippen molar-refractivity contribution in [2.75, 3.05) is 26.1 Å². The van der Waals surface area contributed by atoms with Gasteiger partial charge in [0.25, 0.3) is 10.0 Å². The average Bonchev–Trinajstić information content (AvgIpc) is 3.28. The van der Waals surface area contributed by atoms with Crippen LogP contribution in [0, 0.1) is 0 Å². The minimum absolute atomic E-state index is 0.0414. The molecule has 1 aliphatic rings. The fraction of sp³-hybridized carbons (Fsp3) is 0.409. The number of ether oxygens (including phenoxy) is 3. The van der Waals surface area contributed by atoms with E-state index >= 15 is 0 Å². The van der Waals surface area contributed by atoms with E-state index < -0.39 is 28.3 Å². The van der Waals surface area contributed by atoms with Crippen LogP contribution in [0.2, 0.25) is 0 Å². The maximum absolute atomic E-state index is 13.3. The number of anilines is 1. The number of hydrogen-bond donors (Lipinski definition) is 1. The van der Waals surface area contributed by atoms with Gasteiger partial charge in [-0.3, -0.25) is 4.72 Å². The number of nitrogens with one attached hydrogen (secondary N) is 1. The van der Waals surface area contributed by atoms with Gasteiger partial charge in [0, 0.05) is 0 Å². The molecule has 0 spiro atoms. The third-order valence-electron chi connectivity index (χ3n) is 6.19. The van der Waals surface area contributed by atoms with Gasteiger partial charge in [0.1, 0.15) is 22.6 Å². The Morgan fingerprint density at radius 1 is 0.912 bits per heavy atom. The first-order valence-electron chi connectivity index (χ1n) is 10.5. The lowest BCUT2D eigenvalue weighted by Gasteiger charge is -2.32. The van der Waals surface area contributed by atoms with Gasteiger partial charge in [0.15, 0.2) is 16.3 Å². The smallest absolute Gasteiger partial charge is 0.495 e. The number of nitrogens with zero attached hydrogens (tertiary/aromatic N) is 1. The molecule has 182 valence electrons. The van der Waals surface area contributed by atoms with Crippen molar-refractivity contribution in [3.8, 4) is 17.2 Å². The van der Waals surface area contributed by atoms with Crippen LogP contribution in [0.25, 0.3) is 11.0 Å². The Balaban J connectivity index is 1.75. The molecule has 2 heterocycles. The van der Waals surface area contributed by atoms with Gasteiger partial charge in [-0.2, -0.15) is 0 Å². The van der Waals surface area contributed by atoms with E-state index in [1.807, 2.05) is 27.7 Å². The minimum Gasteiger partial charge on any atom is -0.496 e. The van der Waals surface area contributed by atoms with Crippen molar-refractivity contribution in [2.24, 2.45) is 0 Å². The summed E-state index contributed by atoms with van der Waals surface area (Å²) >= 11 is 0. The molecule has 10 nitrogen and oxygen atoms in total. The lowest BCUT2D eigenvalue weighted by atomic mass is 9.78. The SMILES string of the molecule is COc1cccc(OC)c1S(=O)(=O)Nc1noc2cc(B3OC(C)(C)C(C)(C)O3)cc(OC)c12.